The van der Waals surface area contributed by atoms with Crippen LogP contribution < -0.4 is 9.80 Å². The van der Waals surface area contributed by atoms with Gasteiger partial charge in [0.2, 0.25) is 11.8 Å². The summed E-state index contributed by atoms with van der Waals surface area (Å²) in [6, 6.07) is 7.84. The minimum Gasteiger partial charge on any atom is -0.373 e. The zero-order valence-corrected chi connectivity index (χ0v) is 15.1. The van der Waals surface area contributed by atoms with E-state index in [0.29, 0.717) is 12.5 Å². The molecule has 1 aliphatic carbocycles. The van der Waals surface area contributed by atoms with Crippen molar-refractivity contribution < 1.29 is 9.59 Å². The Morgan fingerprint density at radius 3 is 2.44 bits per heavy atom. The van der Waals surface area contributed by atoms with Crippen LogP contribution in [0.4, 0.5) is 11.4 Å². The van der Waals surface area contributed by atoms with E-state index in [0.717, 1.165) is 50.1 Å². The molecule has 0 unspecified atom stereocenters. The number of anilines is 2. The molecule has 0 radical (unpaired) electrons. The zero-order valence-electron chi connectivity index (χ0n) is 15.1. The molecule has 25 heavy (non-hydrogen) atoms. The number of fused-ring (bicyclic) bond motifs is 1. The van der Waals surface area contributed by atoms with Crippen molar-refractivity contribution in [1.82, 2.24) is 4.90 Å². The summed E-state index contributed by atoms with van der Waals surface area (Å²) in [4.78, 5) is 32.1. The second kappa shape index (κ2) is 6.36. The van der Waals surface area contributed by atoms with Crippen molar-refractivity contribution in [2.45, 2.75) is 38.6 Å². The normalized spacial score (nSPS) is 26.4. The third kappa shape index (κ3) is 3.00. The van der Waals surface area contributed by atoms with Gasteiger partial charge in [-0.05, 0) is 43.7 Å². The predicted molar refractivity (Wildman–Crippen MR) is 98.7 cm³/mol. The molecule has 0 N–H and O–H groups in total. The van der Waals surface area contributed by atoms with Crippen molar-refractivity contribution in [2.24, 2.45) is 11.8 Å². The lowest BCUT2D eigenvalue weighted by Crippen LogP contribution is -2.49. The van der Waals surface area contributed by atoms with Crippen molar-refractivity contribution in [3.63, 3.8) is 0 Å². The number of hydrogen-bond acceptors (Lipinski definition) is 3. The predicted octanol–water partition coefficient (Wildman–Crippen LogP) is 2.51. The van der Waals surface area contributed by atoms with Crippen LogP contribution in [0.25, 0.3) is 0 Å². The van der Waals surface area contributed by atoms with E-state index in [2.05, 4.69) is 24.9 Å². The van der Waals surface area contributed by atoms with E-state index >= 15 is 0 Å². The van der Waals surface area contributed by atoms with Crippen molar-refractivity contribution in [3.05, 3.63) is 24.3 Å². The largest absolute Gasteiger partial charge is 0.373 e. The standard InChI is InChI=1S/C20H27N3O2/c1-14-12-21(2)16-6-3-4-7-17(16)23(13-14)20(25)18-8-5-11-22(18)19(24)15-9-10-15/h3-4,6-7,14-15,18H,5,8-13H2,1-2H3/t14-,18-/m0/s1. The molecule has 1 aromatic rings. The first-order chi connectivity index (χ1) is 12.1. The Hall–Kier alpha value is -2.04. The molecule has 3 aliphatic rings. The van der Waals surface area contributed by atoms with Gasteiger partial charge >= 0.3 is 0 Å². The number of likely N-dealkylation sites (tertiary alicyclic amines) is 1. The molecule has 0 bridgehead atoms. The summed E-state index contributed by atoms with van der Waals surface area (Å²) in [5, 5.41) is 0. The van der Waals surface area contributed by atoms with E-state index < -0.39 is 0 Å². The highest BCUT2D eigenvalue weighted by Crippen LogP contribution is 2.36. The van der Waals surface area contributed by atoms with Crippen molar-refractivity contribution >= 4 is 23.2 Å². The van der Waals surface area contributed by atoms with E-state index in [1.807, 2.05) is 28.0 Å². The SMILES string of the molecule is C[C@H]1CN(C)c2ccccc2N(C(=O)[C@@H]2CCCN2C(=O)C2CC2)C1. The number of para-hydroxylation sites is 2. The molecule has 1 saturated heterocycles. The maximum absolute atomic E-state index is 13.4. The molecule has 2 amide bonds. The van der Waals surface area contributed by atoms with Gasteiger partial charge < -0.3 is 14.7 Å². The van der Waals surface area contributed by atoms with E-state index in [-0.39, 0.29) is 23.8 Å². The van der Waals surface area contributed by atoms with Crippen LogP contribution in [0.5, 0.6) is 0 Å². The summed E-state index contributed by atoms with van der Waals surface area (Å²) >= 11 is 0. The van der Waals surface area contributed by atoms with Crippen LogP contribution >= 0.6 is 0 Å². The topological polar surface area (TPSA) is 43.9 Å². The fraction of sp³-hybridized carbons (Fsp3) is 0.600. The first kappa shape index (κ1) is 16.4. The molecule has 1 aromatic carbocycles. The Balaban J connectivity index is 1.64. The number of rotatable bonds is 2. The average molecular weight is 341 g/mol. The Bertz CT molecular complexity index is 685. The fourth-order valence-corrected chi connectivity index (χ4v) is 4.29. The summed E-state index contributed by atoms with van der Waals surface area (Å²) in [5.41, 5.74) is 2.07. The second-order valence-corrected chi connectivity index (χ2v) is 7.89. The molecule has 0 aromatic heterocycles. The van der Waals surface area contributed by atoms with Crippen LogP contribution in [0.3, 0.4) is 0 Å². The third-order valence-electron chi connectivity index (χ3n) is 5.68. The Labute approximate surface area is 149 Å². The fourth-order valence-electron chi connectivity index (χ4n) is 4.29. The van der Waals surface area contributed by atoms with E-state index in [4.69, 9.17) is 0 Å². The lowest BCUT2D eigenvalue weighted by atomic mass is 10.1. The van der Waals surface area contributed by atoms with Crippen LogP contribution in [0.15, 0.2) is 24.3 Å². The number of hydrogen-bond donors (Lipinski definition) is 0. The molecular weight excluding hydrogens is 314 g/mol. The van der Waals surface area contributed by atoms with Gasteiger partial charge in [-0.2, -0.15) is 0 Å². The smallest absolute Gasteiger partial charge is 0.249 e. The number of benzene rings is 1. The Morgan fingerprint density at radius 1 is 1.00 bits per heavy atom. The zero-order chi connectivity index (χ0) is 17.6. The molecule has 0 spiro atoms. The van der Waals surface area contributed by atoms with Crippen LogP contribution in [-0.4, -0.2) is 49.4 Å². The molecule has 2 aliphatic heterocycles. The number of amides is 2. The molecule has 134 valence electrons. The molecule has 2 atom stereocenters. The molecule has 1 saturated carbocycles. The van der Waals surface area contributed by atoms with Gasteiger partial charge in [0.1, 0.15) is 6.04 Å². The van der Waals surface area contributed by atoms with Crippen LogP contribution in [0.1, 0.15) is 32.6 Å². The number of carbonyl (C=O) groups is 2. The van der Waals surface area contributed by atoms with Gasteiger partial charge in [0.15, 0.2) is 0 Å². The summed E-state index contributed by atoms with van der Waals surface area (Å²) in [7, 11) is 2.09. The average Bonchev–Trinajstić information content (AvgIpc) is 3.36. The molecule has 5 heteroatoms. The summed E-state index contributed by atoms with van der Waals surface area (Å²) in [6.45, 7) is 4.55. The molecule has 5 nitrogen and oxygen atoms in total. The van der Waals surface area contributed by atoms with Crippen LogP contribution in [-0.2, 0) is 9.59 Å². The summed E-state index contributed by atoms with van der Waals surface area (Å²) in [6.07, 6.45) is 3.70. The third-order valence-corrected chi connectivity index (χ3v) is 5.68. The maximum Gasteiger partial charge on any atom is 0.249 e. The Kier molecular flexibility index (Phi) is 4.18. The molecular formula is C20H27N3O2. The van der Waals surface area contributed by atoms with Crippen LogP contribution in [0.2, 0.25) is 0 Å². The maximum atomic E-state index is 13.4. The minimum atomic E-state index is -0.281. The number of carbonyl (C=O) groups excluding carboxylic acids is 2. The number of nitrogens with zero attached hydrogens (tertiary/aromatic N) is 3. The van der Waals surface area contributed by atoms with Gasteiger partial charge in [-0.25, -0.2) is 0 Å². The second-order valence-electron chi connectivity index (χ2n) is 7.89. The molecule has 4 rings (SSSR count). The lowest BCUT2D eigenvalue weighted by molar-refractivity contribution is -0.138. The van der Waals surface area contributed by atoms with Gasteiger partial charge in [-0.3, -0.25) is 9.59 Å². The summed E-state index contributed by atoms with van der Waals surface area (Å²) < 4.78 is 0. The highest BCUT2D eigenvalue weighted by molar-refractivity contribution is 6.02. The van der Waals surface area contributed by atoms with E-state index in [1.54, 1.807) is 0 Å². The van der Waals surface area contributed by atoms with E-state index in [1.165, 1.54) is 0 Å². The highest BCUT2D eigenvalue weighted by Gasteiger charge is 2.43. The molecule has 2 fully saturated rings. The van der Waals surface area contributed by atoms with Crippen LogP contribution in [0, 0.1) is 11.8 Å². The Morgan fingerprint density at radius 2 is 1.72 bits per heavy atom. The van der Waals surface area contributed by atoms with Crippen molar-refractivity contribution in [3.8, 4) is 0 Å². The van der Waals surface area contributed by atoms with Crippen molar-refractivity contribution in [2.75, 3.05) is 36.5 Å². The van der Waals surface area contributed by atoms with Crippen molar-refractivity contribution in [1.29, 1.82) is 0 Å². The van der Waals surface area contributed by atoms with Gasteiger partial charge in [0.25, 0.3) is 0 Å². The lowest BCUT2D eigenvalue weighted by Gasteiger charge is -2.31. The first-order valence-electron chi connectivity index (χ1n) is 9.48. The van der Waals surface area contributed by atoms with Gasteiger partial charge in [-0.1, -0.05) is 19.1 Å². The highest BCUT2D eigenvalue weighted by atomic mass is 16.2. The quantitative estimate of drug-likeness (QED) is 0.830. The van der Waals surface area contributed by atoms with Gasteiger partial charge in [0, 0.05) is 32.6 Å². The first-order valence-corrected chi connectivity index (χ1v) is 9.48. The summed E-state index contributed by atoms with van der Waals surface area (Å²) in [5.74, 6) is 0.857. The minimum absolute atomic E-state index is 0.0982. The van der Waals surface area contributed by atoms with Gasteiger partial charge in [0.05, 0.1) is 11.4 Å². The monoisotopic (exact) mass is 341 g/mol. The van der Waals surface area contributed by atoms with Gasteiger partial charge in [-0.15, -0.1) is 0 Å². The molecule has 2 heterocycles. The van der Waals surface area contributed by atoms with E-state index in [9.17, 15) is 9.59 Å².